The standard InChI is InChI=1S/C23H23FN4O2.C2HF3O2/c24-11-15-28-19-8-4-12-25-22(19)27-13-5-9-20(27)23(28)10-14-26(17-23)21(29)16-30-18-6-2-1-3-7-18;3-2(4,5)1(6)7/h1-9,12-13H,10-11,14-17H2;(H,6,7). The van der Waals surface area contributed by atoms with E-state index in [0.717, 1.165) is 23.6 Å². The van der Waals surface area contributed by atoms with Gasteiger partial charge in [0.1, 0.15) is 18.0 Å². The molecule has 0 saturated carbocycles. The molecule has 0 bridgehead atoms. The number of anilines is 1. The number of ether oxygens (including phenoxy) is 1. The molecule has 12 heteroatoms. The first-order valence-electron chi connectivity index (χ1n) is 11.4. The van der Waals surface area contributed by atoms with Crippen LogP contribution in [0.5, 0.6) is 5.75 Å². The molecule has 1 aromatic carbocycles. The molecule has 1 saturated heterocycles. The van der Waals surface area contributed by atoms with Crippen molar-refractivity contribution in [1.29, 1.82) is 0 Å². The molecule has 1 atom stereocenters. The van der Waals surface area contributed by atoms with E-state index in [0.29, 0.717) is 18.8 Å². The van der Waals surface area contributed by atoms with Crippen LogP contribution in [0.15, 0.2) is 67.0 Å². The van der Waals surface area contributed by atoms with Gasteiger partial charge in [-0.05, 0) is 42.8 Å². The summed E-state index contributed by atoms with van der Waals surface area (Å²) in [5.74, 6) is -1.35. The zero-order chi connectivity index (χ0) is 26.6. The predicted molar refractivity (Wildman–Crippen MR) is 125 cm³/mol. The smallest absolute Gasteiger partial charge is 0.484 e. The number of halogens is 4. The van der Waals surface area contributed by atoms with Crippen LogP contribution in [0.3, 0.4) is 0 Å². The summed E-state index contributed by atoms with van der Waals surface area (Å²) >= 11 is 0. The normalized spacial score (nSPS) is 18.1. The van der Waals surface area contributed by atoms with Crippen molar-refractivity contribution in [1.82, 2.24) is 14.5 Å². The maximum Gasteiger partial charge on any atom is 0.490 e. The fourth-order valence-corrected chi connectivity index (χ4v) is 4.71. The Kier molecular flexibility index (Phi) is 7.37. The highest BCUT2D eigenvalue weighted by atomic mass is 19.4. The number of hydrogen-bond acceptors (Lipinski definition) is 5. The molecule has 196 valence electrons. The molecule has 3 aromatic rings. The molecule has 1 amide bonds. The SMILES string of the molecule is O=C(COc1ccccc1)N1CCC2(C1)c1cccn1-c1ncccc1N2CCF.O=C(O)C(F)(F)F. The van der Waals surface area contributed by atoms with Crippen LogP contribution in [0.4, 0.5) is 23.2 Å². The Balaban J connectivity index is 0.000000405. The van der Waals surface area contributed by atoms with E-state index in [9.17, 15) is 22.4 Å². The summed E-state index contributed by atoms with van der Waals surface area (Å²) in [6, 6.07) is 17.2. The molecule has 1 unspecified atom stereocenters. The summed E-state index contributed by atoms with van der Waals surface area (Å²) < 4.78 is 53.1. The molecule has 2 aliphatic heterocycles. The van der Waals surface area contributed by atoms with E-state index >= 15 is 0 Å². The minimum Gasteiger partial charge on any atom is -0.484 e. The van der Waals surface area contributed by atoms with E-state index in [2.05, 4.69) is 20.5 Å². The third-order valence-corrected chi connectivity index (χ3v) is 6.28. The van der Waals surface area contributed by atoms with E-state index < -0.39 is 24.4 Å². The largest absolute Gasteiger partial charge is 0.490 e. The number of carbonyl (C=O) groups excluding carboxylic acids is 1. The lowest BCUT2D eigenvalue weighted by atomic mass is 9.89. The van der Waals surface area contributed by atoms with Gasteiger partial charge in [-0.25, -0.2) is 14.2 Å². The molecule has 1 spiro atoms. The molecule has 1 fully saturated rings. The molecule has 0 aliphatic carbocycles. The second-order valence-electron chi connectivity index (χ2n) is 8.45. The van der Waals surface area contributed by atoms with Gasteiger partial charge in [0.15, 0.2) is 12.4 Å². The average molecular weight is 520 g/mol. The van der Waals surface area contributed by atoms with Crippen molar-refractivity contribution in [2.45, 2.75) is 18.1 Å². The van der Waals surface area contributed by atoms with E-state index in [1.54, 1.807) is 6.20 Å². The first-order valence-corrected chi connectivity index (χ1v) is 11.4. The minimum absolute atomic E-state index is 0.0115. The van der Waals surface area contributed by atoms with Crippen molar-refractivity contribution in [3.63, 3.8) is 0 Å². The fourth-order valence-electron chi connectivity index (χ4n) is 4.71. The zero-order valence-corrected chi connectivity index (χ0v) is 19.6. The molecule has 2 aromatic heterocycles. The second-order valence-corrected chi connectivity index (χ2v) is 8.45. The number of rotatable bonds is 5. The highest BCUT2D eigenvalue weighted by molar-refractivity contribution is 5.79. The quantitative estimate of drug-likeness (QED) is 0.515. The Morgan fingerprint density at radius 1 is 1.08 bits per heavy atom. The molecular weight excluding hydrogens is 496 g/mol. The number of amides is 1. The Hall–Kier alpha value is -4.09. The lowest BCUT2D eigenvalue weighted by Gasteiger charge is -2.46. The Bertz CT molecular complexity index is 1250. The van der Waals surface area contributed by atoms with E-state index in [1.807, 2.05) is 59.6 Å². The van der Waals surface area contributed by atoms with Gasteiger partial charge in [0, 0.05) is 32.0 Å². The van der Waals surface area contributed by atoms with Crippen molar-refractivity contribution < 1.29 is 37.0 Å². The first kappa shape index (κ1) is 26.0. The van der Waals surface area contributed by atoms with Crippen LogP contribution in [0.1, 0.15) is 12.1 Å². The van der Waals surface area contributed by atoms with Gasteiger partial charge in [-0.1, -0.05) is 18.2 Å². The van der Waals surface area contributed by atoms with Gasteiger partial charge in [-0.15, -0.1) is 0 Å². The number of carbonyl (C=O) groups is 2. The number of para-hydroxylation sites is 1. The molecule has 4 heterocycles. The monoisotopic (exact) mass is 520 g/mol. The highest BCUT2D eigenvalue weighted by Gasteiger charge is 2.50. The van der Waals surface area contributed by atoms with Crippen LogP contribution in [0.2, 0.25) is 0 Å². The number of aliphatic carboxylic acids is 1. The van der Waals surface area contributed by atoms with E-state index in [-0.39, 0.29) is 19.1 Å². The predicted octanol–water partition coefficient (Wildman–Crippen LogP) is 3.80. The molecule has 1 N–H and O–H groups in total. The summed E-state index contributed by atoms with van der Waals surface area (Å²) in [6.45, 7) is 0.861. The summed E-state index contributed by atoms with van der Waals surface area (Å²) in [6.07, 6.45) is -0.624. The number of fused-ring (bicyclic) bond motifs is 4. The van der Waals surface area contributed by atoms with Gasteiger partial charge in [0.2, 0.25) is 0 Å². The number of pyridine rings is 1. The summed E-state index contributed by atoms with van der Waals surface area (Å²) in [5, 5.41) is 7.12. The van der Waals surface area contributed by atoms with Crippen molar-refractivity contribution in [2.75, 3.05) is 37.8 Å². The number of likely N-dealkylation sites (tertiary alicyclic amines) is 1. The van der Waals surface area contributed by atoms with Crippen molar-refractivity contribution in [3.05, 3.63) is 72.7 Å². The second kappa shape index (κ2) is 10.5. The van der Waals surface area contributed by atoms with Crippen LogP contribution >= 0.6 is 0 Å². The van der Waals surface area contributed by atoms with Gasteiger partial charge >= 0.3 is 12.1 Å². The van der Waals surface area contributed by atoms with Crippen LogP contribution in [0.25, 0.3) is 5.82 Å². The highest BCUT2D eigenvalue weighted by Crippen LogP contribution is 2.46. The number of alkyl halides is 4. The van der Waals surface area contributed by atoms with Crippen LogP contribution in [-0.4, -0.2) is 70.5 Å². The minimum atomic E-state index is -5.08. The number of carboxylic acids is 1. The van der Waals surface area contributed by atoms with Crippen LogP contribution < -0.4 is 9.64 Å². The van der Waals surface area contributed by atoms with Gasteiger partial charge in [0.05, 0.1) is 11.4 Å². The summed E-state index contributed by atoms with van der Waals surface area (Å²) in [7, 11) is 0. The maximum atomic E-state index is 13.6. The fraction of sp³-hybridized carbons (Fsp3) is 0.320. The topological polar surface area (TPSA) is 87.9 Å². The third kappa shape index (κ3) is 5.23. The van der Waals surface area contributed by atoms with Crippen molar-refractivity contribution in [2.24, 2.45) is 0 Å². The van der Waals surface area contributed by atoms with Crippen molar-refractivity contribution in [3.8, 4) is 11.6 Å². The number of aromatic nitrogens is 2. The number of benzene rings is 1. The Labute approximate surface area is 209 Å². The van der Waals surface area contributed by atoms with Crippen LogP contribution in [0, 0.1) is 0 Å². The van der Waals surface area contributed by atoms with Gasteiger partial charge in [0.25, 0.3) is 5.91 Å². The lowest BCUT2D eigenvalue weighted by Crippen LogP contribution is -2.53. The van der Waals surface area contributed by atoms with Crippen molar-refractivity contribution >= 4 is 17.6 Å². The first-order chi connectivity index (χ1) is 17.7. The van der Waals surface area contributed by atoms with E-state index in [4.69, 9.17) is 14.6 Å². The molecule has 2 aliphatic rings. The number of hydrogen-bond donors (Lipinski definition) is 1. The maximum absolute atomic E-state index is 13.6. The van der Waals surface area contributed by atoms with E-state index in [1.165, 1.54) is 0 Å². The summed E-state index contributed by atoms with van der Waals surface area (Å²) in [5.41, 5.74) is 1.46. The van der Waals surface area contributed by atoms with Gasteiger partial charge in [-0.2, -0.15) is 13.2 Å². The van der Waals surface area contributed by atoms with Gasteiger partial charge < -0.3 is 24.2 Å². The molecule has 0 radical (unpaired) electrons. The lowest BCUT2D eigenvalue weighted by molar-refractivity contribution is -0.192. The molecule has 8 nitrogen and oxygen atoms in total. The molecule has 5 rings (SSSR count). The number of nitrogens with zero attached hydrogens (tertiary/aromatic N) is 4. The zero-order valence-electron chi connectivity index (χ0n) is 19.6. The average Bonchev–Trinajstić information content (AvgIpc) is 3.55. The summed E-state index contributed by atoms with van der Waals surface area (Å²) in [4.78, 5) is 30.2. The Morgan fingerprint density at radius 3 is 2.49 bits per heavy atom. The molecule has 37 heavy (non-hydrogen) atoms. The van der Waals surface area contributed by atoms with Gasteiger partial charge in [-0.3, -0.25) is 4.79 Å². The Morgan fingerprint density at radius 2 is 1.81 bits per heavy atom. The molecular formula is C25H24F4N4O4. The van der Waals surface area contributed by atoms with Crippen LogP contribution in [-0.2, 0) is 15.1 Å². The third-order valence-electron chi connectivity index (χ3n) is 6.28. The number of carboxylic acid groups (broad SMARTS) is 1.